The first-order valence-corrected chi connectivity index (χ1v) is 6.68. The molecule has 20 heavy (non-hydrogen) atoms. The van der Waals surface area contributed by atoms with Crippen LogP contribution in [0.25, 0.3) is 22.2 Å². The molecule has 0 saturated carbocycles. The van der Waals surface area contributed by atoms with Gasteiger partial charge in [-0.25, -0.2) is 0 Å². The van der Waals surface area contributed by atoms with Crippen molar-refractivity contribution < 1.29 is 0 Å². The standard InChI is InChI=1S/C17H15N3/c1-3-12-8-13(11-19-10-12)17-15(9-18)14-6-4-5-7-16(14)20(17)2/h4-8,10-11H,3H2,1-2H3. The fraction of sp³-hybridized carbons (Fsp3) is 0.176. The van der Waals surface area contributed by atoms with Gasteiger partial charge in [-0.05, 0) is 24.1 Å². The van der Waals surface area contributed by atoms with E-state index in [9.17, 15) is 5.26 Å². The zero-order chi connectivity index (χ0) is 14.1. The first kappa shape index (κ1) is 12.4. The summed E-state index contributed by atoms with van der Waals surface area (Å²) < 4.78 is 2.07. The molecule has 0 radical (unpaired) electrons. The topological polar surface area (TPSA) is 41.6 Å². The number of aromatic nitrogens is 2. The van der Waals surface area contributed by atoms with Crippen molar-refractivity contribution in [3.8, 4) is 17.3 Å². The van der Waals surface area contributed by atoms with Gasteiger partial charge in [-0.15, -0.1) is 0 Å². The molecule has 0 saturated heterocycles. The predicted molar refractivity (Wildman–Crippen MR) is 80.2 cm³/mol. The van der Waals surface area contributed by atoms with E-state index in [1.54, 1.807) is 0 Å². The van der Waals surface area contributed by atoms with Gasteiger partial charge in [-0.2, -0.15) is 5.26 Å². The van der Waals surface area contributed by atoms with Crippen molar-refractivity contribution in [1.82, 2.24) is 9.55 Å². The third-order valence-corrected chi connectivity index (χ3v) is 3.70. The lowest BCUT2D eigenvalue weighted by Crippen LogP contribution is -1.94. The van der Waals surface area contributed by atoms with Gasteiger partial charge in [-0.1, -0.05) is 25.1 Å². The molecule has 0 N–H and O–H groups in total. The molecule has 2 aromatic heterocycles. The molecule has 3 aromatic rings. The van der Waals surface area contributed by atoms with E-state index in [0.29, 0.717) is 0 Å². The van der Waals surface area contributed by atoms with Crippen LogP contribution in [0.2, 0.25) is 0 Å². The number of hydrogen-bond donors (Lipinski definition) is 0. The molecular formula is C17H15N3. The Morgan fingerprint density at radius 1 is 1.25 bits per heavy atom. The Kier molecular flexibility index (Phi) is 3.00. The zero-order valence-corrected chi connectivity index (χ0v) is 11.6. The van der Waals surface area contributed by atoms with E-state index in [1.807, 2.05) is 43.7 Å². The maximum atomic E-state index is 9.53. The Bertz CT molecular complexity index is 822. The Balaban J connectivity index is 2.36. The molecule has 3 nitrogen and oxygen atoms in total. The highest BCUT2D eigenvalue weighted by atomic mass is 15.0. The summed E-state index contributed by atoms with van der Waals surface area (Å²) in [5.41, 5.74) is 4.91. The lowest BCUT2D eigenvalue weighted by atomic mass is 10.1. The van der Waals surface area contributed by atoms with Crippen molar-refractivity contribution in [2.45, 2.75) is 13.3 Å². The third kappa shape index (κ3) is 1.78. The number of para-hydroxylation sites is 1. The summed E-state index contributed by atoms with van der Waals surface area (Å²) in [7, 11) is 2.00. The summed E-state index contributed by atoms with van der Waals surface area (Å²) in [6.07, 6.45) is 4.64. The van der Waals surface area contributed by atoms with Crippen molar-refractivity contribution in [2.75, 3.05) is 0 Å². The second-order valence-corrected chi connectivity index (χ2v) is 4.85. The van der Waals surface area contributed by atoms with E-state index in [4.69, 9.17) is 0 Å². The van der Waals surface area contributed by atoms with E-state index in [-0.39, 0.29) is 0 Å². The van der Waals surface area contributed by atoms with Crippen LogP contribution in [0, 0.1) is 11.3 Å². The molecule has 3 rings (SSSR count). The van der Waals surface area contributed by atoms with Crippen LogP contribution in [0.4, 0.5) is 0 Å². The van der Waals surface area contributed by atoms with Crippen LogP contribution in [-0.4, -0.2) is 9.55 Å². The average Bonchev–Trinajstić information content (AvgIpc) is 2.80. The molecule has 0 aliphatic heterocycles. The lowest BCUT2D eigenvalue weighted by molar-refractivity contribution is 0.972. The van der Waals surface area contributed by atoms with Crippen molar-refractivity contribution in [3.05, 3.63) is 53.9 Å². The molecule has 2 heterocycles. The summed E-state index contributed by atoms with van der Waals surface area (Å²) in [4.78, 5) is 4.30. The van der Waals surface area contributed by atoms with Crippen LogP contribution in [0.1, 0.15) is 18.1 Å². The third-order valence-electron chi connectivity index (χ3n) is 3.70. The number of benzene rings is 1. The van der Waals surface area contributed by atoms with Crippen LogP contribution < -0.4 is 0 Å². The number of hydrogen-bond acceptors (Lipinski definition) is 2. The van der Waals surface area contributed by atoms with Gasteiger partial charge in [0.2, 0.25) is 0 Å². The molecule has 0 bridgehead atoms. The van der Waals surface area contributed by atoms with Gasteiger partial charge >= 0.3 is 0 Å². The Hall–Kier alpha value is -2.60. The van der Waals surface area contributed by atoms with Gasteiger partial charge in [0.05, 0.1) is 11.3 Å². The van der Waals surface area contributed by atoms with Gasteiger partial charge in [0.25, 0.3) is 0 Å². The average molecular weight is 261 g/mol. The summed E-state index contributed by atoms with van der Waals surface area (Å²) >= 11 is 0. The zero-order valence-electron chi connectivity index (χ0n) is 11.6. The SMILES string of the molecule is CCc1cncc(-c2c(C#N)c3ccccc3n2C)c1. The van der Waals surface area contributed by atoms with Crippen molar-refractivity contribution in [1.29, 1.82) is 5.26 Å². The monoisotopic (exact) mass is 261 g/mol. The normalized spacial score (nSPS) is 10.7. The fourth-order valence-electron chi connectivity index (χ4n) is 2.65. The summed E-state index contributed by atoms with van der Waals surface area (Å²) in [5.74, 6) is 0. The Morgan fingerprint density at radius 2 is 2.05 bits per heavy atom. The van der Waals surface area contributed by atoms with Crippen LogP contribution >= 0.6 is 0 Å². The summed E-state index contributed by atoms with van der Waals surface area (Å²) in [6, 6.07) is 12.5. The highest BCUT2D eigenvalue weighted by Crippen LogP contribution is 2.32. The van der Waals surface area contributed by atoms with E-state index >= 15 is 0 Å². The maximum Gasteiger partial charge on any atom is 0.102 e. The van der Waals surface area contributed by atoms with Gasteiger partial charge in [-0.3, -0.25) is 4.98 Å². The summed E-state index contributed by atoms with van der Waals surface area (Å²) in [6.45, 7) is 2.10. The minimum absolute atomic E-state index is 0.721. The second-order valence-electron chi connectivity index (χ2n) is 4.85. The maximum absolute atomic E-state index is 9.53. The van der Waals surface area contributed by atoms with E-state index in [2.05, 4.69) is 28.6 Å². The van der Waals surface area contributed by atoms with Crippen molar-refractivity contribution in [2.24, 2.45) is 7.05 Å². The van der Waals surface area contributed by atoms with Crippen LogP contribution in [0.5, 0.6) is 0 Å². The smallest absolute Gasteiger partial charge is 0.102 e. The van der Waals surface area contributed by atoms with Gasteiger partial charge in [0.15, 0.2) is 0 Å². The molecule has 0 aliphatic carbocycles. The molecule has 0 fully saturated rings. The molecule has 0 unspecified atom stereocenters. The van der Waals surface area contributed by atoms with E-state index in [1.165, 1.54) is 5.56 Å². The molecule has 0 amide bonds. The minimum atomic E-state index is 0.721. The lowest BCUT2D eigenvalue weighted by Gasteiger charge is -2.06. The highest BCUT2D eigenvalue weighted by Gasteiger charge is 2.16. The van der Waals surface area contributed by atoms with Crippen LogP contribution in [0.3, 0.4) is 0 Å². The first-order valence-electron chi connectivity index (χ1n) is 6.68. The quantitative estimate of drug-likeness (QED) is 0.706. The second kappa shape index (κ2) is 4.82. The summed E-state index contributed by atoms with van der Waals surface area (Å²) in [5, 5.41) is 10.5. The molecule has 3 heteroatoms. The van der Waals surface area contributed by atoms with Crippen LogP contribution in [-0.2, 0) is 13.5 Å². The molecule has 0 spiro atoms. The van der Waals surface area contributed by atoms with Gasteiger partial charge < -0.3 is 4.57 Å². The van der Waals surface area contributed by atoms with Crippen molar-refractivity contribution in [3.63, 3.8) is 0 Å². The fourth-order valence-corrected chi connectivity index (χ4v) is 2.65. The molecule has 0 aliphatic rings. The Labute approximate surface area is 118 Å². The minimum Gasteiger partial charge on any atom is -0.342 e. The van der Waals surface area contributed by atoms with Gasteiger partial charge in [0, 0.05) is 35.9 Å². The number of rotatable bonds is 2. The van der Waals surface area contributed by atoms with Gasteiger partial charge in [0.1, 0.15) is 6.07 Å². The molecule has 0 atom stereocenters. The highest BCUT2D eigenvalue weighted by molar-refractivity contribution is 5.94. The number of nitriles is 1. The molecule has 98 valence electrons. The number of aryl methyl sites for hydroxylation is 2. The molecular weight excluding hydrogens is 246 g/mol. The van der Waals surface area contributed by atoms with E-state index < -0.39 is 0 Å². The Morgan fingerprint density at radius 3 is 2.80 bits per heavy atom. The van der Waals surface area contributed by atoms with Crippen LogP contribution in [0.15, 0.2) is 42.7 Å². The number of pyridine rings is 1. The largest absolute Gasteiger partial charge is 0.342 e. The first-order chi connectivity index (χ1) is 9.76. The number of nitrogens with zero attached hydrogens (tertiary/aromatic N) is 3. The van der Waals surface area contributed by atoms with E-state index in [0.717, 1.165) is 34.1 Å². The van der Waals surface area contributed by atoms with Crippen molar-refractivity contribution >= 4 is 10.9 Å². The predicted octanol–water partition coefficient (Wildman–Crippen LogP) is 3.67. The number of fused-ring (bicyclic) bond motifs is 1. The molecule has 1 aromatic carbocycles.